The fourth-order valence-electron chi connectivity index (χ4n) is 3.23. The molecule has 0 bridgehead atoms. The Balaban J connectivity index is 2.27. The number of carbonyl (C=O) groups excluding carboxylic acids is 1. The Morgan fingerprint density at radius 3 is 2.85 bits per heavy atom. The molecular weight excluding hydrogens is 272 g/mol. The van der Waals surface area contributed by atoms with Crippen LogP contribution in [0.1, 0.15) is 42.1 Å². The van der Waals surface area contributed by atoms with Gasteiger partial charge in [0.2, 0.25) is 0 Å². The van der Waals surface area contributed by atoms with Gasteiger partial charge in [-0.05, 0) is 56.8 Å². The van der Waals surface area contributed by atoms with Crippen LogP contribution in [0.25, 0.3) is 0 Å². The van der Waals surface area contributed by atoms with Crippen molar-refractivity contribution in [3.8, 4) is 0 Å². The van der Waals surface area contributed by atoms with Crippen molar-refractivity contribution in [2.75, 3.05) is 13.1 Å². The van der Waals surface area contributed by atoms with Gasteiger partial charge < -0.3 is 10.6 Å². The zero-order valence-electron chi connectivity index (χ0n) is 12.2. The van der Waals surface area contributed by atoms with Gasteiger partial charge in [-0.3, -0.25) is 4.79 Å². The van der Waals surface area contributed by atoms with Gasteiger partial charge in [0.15, 0.2) is 0 Å². The van der Waals surface area contributed by atoms with Crippen molar-refractivity contribution in [3.05, 3.63) is 34.3 Å². The van der Waals surface area contributed by atoms with Crippen LogP contribution in [-0.2, 0) is 0 Å². The lowest BCUT2D eigenvalue weighted by Gasteiger charge is -2.32. The molecule has 2 rings (SSSR count). The minimum Gasteiger partial charge on any atom is -0.336 e. The molecule has 2 atom stereocenters. The molecule has 0 radical (unpaired) electrons. The minimum absolute atomic E-state index is 0.0813. The van der Waals surface area contributed by atoms with Crippen LogP contribution in [0, 0.1) is 12.8 Å². The highest BCUT2D eigenvalue weighted by Crippen LogP contribution is 2.31. The van der Waals surface area contributed by atoms with Gasteiger partial charge in [0, 0.05) is 23.2 Å². The quantitative estimate of drug-likeness (QED) is 0.926. The van der Waals surface area contributed by atoms with Gasteiger partial charge in [-0.15, -0.1) is 0 Å². The van der Waals surface area contributed by atoms with E-state index in [4.69, 9.17) is 17.3 Å². The first kappa shape index (κ1) is 15.3. The molecule has 1 saturated carbocycles. The standard InChI is InChI=1S/C16H23ClN2O/c1-3-19(15-9-4-6-12(15)10-18)16(20)13-7-5-8-14(17)11(13)2/h5,7-8,12,15H,3-4,6,9-10,18H2,1-2H3. The molecule has 2 unspecified atom stereocenters. The summed E-state index contributed by atoms with van der Waals surface area (Å²) in [5.74, 6) is 0.510. The Kier molecular flexibility index (Phi) is 5.06. The van der Waals surface area contributed by atoms with Crippen LogP contribution in [0.5, 0.6) is 0 Å². The van der Waals surface area contributed by atoms with Crippen molar-refractivity contribution < 1.29 is 4.79 Å². The molecule has 1 fully saturated rings. The molecule has 2 N–H and O–H groups in total. The van der Waals surface area contributed by atoms with E-state index in [-0.39, 0.29) is 11.9 Å². The highest BCUT2D eigenvalue weighted by molar-refractivity contribution is 6.31. The van der Waals surface area contributed by atoms with Crippen LogP contribution >= 0.6 is 11.6 Å². The Morgan fingerprint density at radius 2 is 2.20 bits per heavy atom. The van der Waals surface area contributed by atoms with Crippen LogP contribution in [-0.4, -0.2) is 29.9 Å². The molecule has 3 nitrogen and oxygen atoms in total. The van der Waals surface area contributed by atoms with E-state index in [0.717, 1.165) is 24.8 Å². The smallest absolute Gasteiger partial charge is 0.254 e. The molecule has 1 aliphatic carbocycles. The van der Waals surface area contributed by atoms with Gasteiger partial charge >= 0.3 is 0 Å². The predicted octanol–water partition coefficient (Wildman–Crippen LogP) is 3.24. The average Bonchev–Trinajstić information content (AvgIpc) is 2.91. The zero-order chi connectivity index (χ0) is 14.7. The van der Waals surface area contributed by atoms with Crippen molar-refractivity contribution in [2.24, 2.45) is 11.7 Å². The topological polar surface area (TPSA) is 46.3 Å². The molecule has 0 heterocycles. The van der Waals surface area contributed by atoms with Gasteiger partial charge in [-0.2, -0.15) is 0 Å². The van der Waals surface area contributed by atoms with Gasteiger partial charge in [-0.1, -0.05) is 24.1 Å². The van der Waals surface area contributed by atoms with Crippen LogP contribution in [0.2, 0.25) is 5.02 Å². The van der Waals surface area contributed by atoms with E-state index in [1.54, 1.807) is 0 Å². The minimum atomic E-state index is 0.0813. The van der Waals surface area contributed by atoms with Gasteiger partial charge in [0.1, 0.15) is 0 Å². The molecule has 1 aromatic rings. The predicted molar refractivity (Wildman–Crippen MR) is 83.1 cm³/mol. The maximum Gasteiger partial charge on any atom is 0.254 e. The van der Waals surface area contributed by atoms with E-state index in [9.17, 15) is 4.79 Å². The summed E-state index contributed by atoms with van der Waals surface area (Å²) < 4.78 is 0. The fraction of sp³-hybridized carbons (Fsp3) is 0.562. The van der Waals surface area contributed by atoms with Crippen LogP contribution < -0.4 is 5.73 Å². The summed E-state index contributed by atoms with van der Waals surface area (Å²) in [5, 5.41) is 0.647. The van der Waals surface area contributed by atoms with Crippen molar-refractivity contribution in [1.82, 2.24) is 4.90 Å². The molecule has 110 valence electrons. The second-order valence-corrected chi connectivity index (χ2v) is 5.90. The first-order valence-corrected chi connectivity index (χ1v) is 7.74. The molecule has 4 heteroatoms. The Labute approximate surface area is 126 Å². The molecule has 1 aromatic carbocycles. The molecule has 0 saturated heterocycles. The second-order valence-electron chi connectivity index (χ2n) is 5.50. The number of amides is 1. The second kappa shape index (κ2) is 6.59. The summed E-state index contributed by atoms with van der Waals surface area (Å²) in [7, 11) is 0. The number of carbonyl (C=O) groups is 1. The Hall–Kier alpha value is -1.06. The molecule has 1 amide bonds. The number of hydrogen-bond donors (Lipinski definition) is 1. The Bertz CT molecular complexity index is 489. The first-order valence-electron chi connectivity index (χ1n) is 7.36. The Morgan fingerprint density at radius 1 is 1.45 bits per heavy atom. The highest BCUT2D eigenvalue weighted by Gasteiger charge is 2.33. The normalized spacial score (nSPS) is 22.0. The largest absolute Gasteiger partial charge is 0.336 e. The van der Waals surface area contributed by atoms with Crippen molar-refractivity contribution in [1.29, 1.82) is 0 Å². The lowest BCUT2D eigenvalue weighted by Crippen LogP contribution is -2.44. The number of nitrogens with two attached hydrogens (primary N) is 1. The number of hydrogen-bond acceptors (Lipinski definition) is 2. The lowest BCUT2D eigenvalue weighted by atomic mass is 10.00. The van der Waals surface area contributed by atoms with Gasteiger partial charge in [-0.25, -0.2) is 0 Å². The van der Waals surface area contributed by atoms with Gasteiger partial charge in [0.05, 0.1) is 0 Å². The van der Waals surface area contributed by atoms with Crippen molar-refractivity contribution in [2.45, 2.75) is 39.2 Å². The molecule has 20 heavy (non-hydrogen) atoms. The van der Waals surface area contributed by atoms with Crippen LogP contribution in [0.3, 0.4) is 0 Å². The SMILES string of the molecule is CCN(C(=O)c1cccc(Cl)c1C)C1CCCC1CN. The van der Waals surface area contributed by atoms with Crippen molar-refractivity contribution in [3.63, 3.8) is 0 Å². The number of nitrogens with zero attached hydrogens (tertiary/aromatic N) is 1. The number of rotatable bonds is 4. The van der Waals surface area contributed by atoms with E-state index >= 15 is 0 Å². The van der Waals surface area contributed by atoms with Crippen LogP contribution in [0.15, 0.2) is 18.2 Å². The third-order valence-electron chi connectivity index (χ3n) is 4.42. The molecule has 1 aliphatic rings. The number of halogens is 1. The molecule has 0 aliphatic heterocycles. The van der Waals surface area contributed by atoms with E-state index < -0.39 is 0 Å². The third-order valence-corrected chi connectivity index (χ3v) is 4.83. The highest BCUT2D eigenvalue weighted by atomic mass is 35.5. The molecular formula is C16H23ClN2O. The summed E-state index contributed by atoms with van der Waals surface area (Å²) in [5.41, 5.74) is 7.42. The monoisotopic (exact) mass is 294 g/mol. The maximum absolute atomic E-state index is 12.8. The zero-order valence-corrected chi connectivity index (χ0v) is 13.0. The third kappa shape index (κ3) is 2.84. The first-order chi connectivity index (χ1) is 9.60. The summed E-state index contributed by atoms with van der Waals surface area (Å²) in [6.45, 7) is 5.30. The molecule has 0 aromatic heterocycles. The van der Waals surface area contributed by atoms with E-state index in [1.807, 2.05) is 36.9 Å². The van der Waals surface area contributed by atoms with Crippen LogP contribution in [0.4, 0.5) is 0 Å². The summed E-state index contributed by atoms with van der Waals surface area (Å²) in [6, 6.07) is 5.79. The summed E-state index contributed by atoms with van der Waals surface area (Å²) in [4.78, 5) is 14.8. The van der Waals surface area contributed by atoms with E-state index in [2.05, 4.69) is 0 Å². The fourth-order valence-corrected chi connectivity index (χ4v) is 3.40. The lowest BCUT2D eigenvalue weighted by molar-refractivity contribution is 0.0651. The maximum atomic E-state index is 12.8. The average molecular weight is 295 g/mol. The molecule has 0 spiro atoms. The van der Waals surface area contributed by atoms with E-state index in [0.29, 0.717) is 29.6 Å². The van der Waals surface area contributed by atoms with Crippen molar-refractivity contribution >= 4 is 17.5 Å². The number of benzene rings is 1. The summed E-state index contributed by atoms with van der Waals surface area (Å²) >= 11 is 6.13. The van der Waals surface area contributed by atoms with E-state index in [1.165, 1.54) is 0 Å². The van der Waals surface area contributed by atoms with Gasteiger partial charge in [0.25, 0.3) is 5.91 Å². The summed E-state index contributed by atoms with van der Waals surface area (Å²) in [6.07, 6.45) is 3.34.